The van der Waals surface area contributed by atoms with Crippen LogP contribution in [0.5, 0.6) is 0 Å². The number of nitrogens with one attached hydrogen (secondary N) is 1. The first-order valence-electron chi connectivity index (χ1n) is 5.68. The lowest BCUT2D eigenvalue weighted by atomic mass is 10.3. The van der Waals surface area contributed by atoms with Crippen molar-refractivity contribution in [2.45, 2.75) is 26.0 Å². The maximum Gasteiger partial charge on any atom is 0.524 e. The lowest BCUT2D eigenvalue weighted by Crippen LogP contribution is -2.33. The zero-order valence-corrected chi connectivity index (χ0v) is 11.4. The molecule has 1 aliphatic rings. The molecule has 1 aromatic heterocycles. The normalized spacial score (nSPS) is 20.9. The monoisotopic (exact) mass is 304 g/mol. The Morgan fingerprint density at radius 2 is 2.25 bits per heavy atom. The van der Waals surface area contributed by atoms with Gasteiger partial charge in [0.1, 0.15) is 12.0 Å². The number of H-pyrrole nitrogens is 1. The largest absolute Gasteiger partial charge is 0.524 e. The molecule has 1 unspecified atom stereocenters. The second kappa shape index (κ2) is 5.28. The SMILES string of the molecule is Cc1cn(C2CCC(=COP(=O)(O)O)O2)c(=O)[nH]c1=O. The summed E-state index contributed by atoms with van der Waals surface area (Å²) >= 11 is 0. The van der Waals surface area contributed by atoms with Crippen molar-refractivity contribution in [3.05, 3.63) is 44.6 Å². The Balaban J connectivity index is 2.18. The topological polar surface area (TPSA) is 131 Å². The minimum atomic E-state index is -4.61. The first-order chi connectivity index (χ1) is 9.26. The maximum atomic E-state index is 11.7. The molecule has 1 fully saturated rings. The van der Waals surface area contributed by atoms with Crippen molar-refractivity contribution < 1.29 is 23.6 Å². The first kappa shape index (κ1) is 14.6. The molecule has 1 aromatic rings. The zero-order valence-electron chi connectivity index (χ0n) is 10.5. The Hall–Kier alpha value is -1.83. The van der Waals surface area contributed by atoms with Crippen LogP contribution in [0, 0.1) is 6.92 Å². The molecule has 1 atom stereocenters. The molecule has 1 saturated heterocycles. The van der Waals surface area contributed by atoms with Crippen LogP contribution in [-0.2, 0) is 13.8 Å². The van der Waals surface area contributed by atoms with E-state index < -0.39 is 25.3 Å². The van der Waals surface area contributed by atoms with Crippen molar-refractivity contribution in [1.29, 1.82) is 0 Å². The van der Waals surface area contributed by atoms with E-state index in [-0.39, 0.29) is 5.76 Å². The van der Waals surface area contributed by atoms with E-state index in [4.69, 9.17) is 14.5 Å². The summed E-state index contributed by atoms with van der Waals surface area (Å²) in [6.45, 7) is 1.55. The predicted molar refractivity (Wildman–Crippen MR) is 66.6 cm³/mol. The van der Waals surface area contributed by atoms with Gasteiger partial charge in [0, 0.05) is 24.6 Å². The number of rotatable bonds is 3. The summed E-state index contributed by atoms with van der Waals surface area (Å²) < 4.78 is 21.3. The number of ether oxygens (including phenoxy) is 1. The highest BCUT2D eigenvalue weighted by Crippen LogP contribution is 2.38. The van der Waals surface area contributed by atoms with Gasteiger partial charge in [-0.05, 0) is 6.92 Å². The third-order valence-corrected chi connectivity index (χ3v) is 3.08. The lowest BCUT2D eigenvalue weighted by molar-refractivity contribution is 0.0878. The van der Waals surface area contributed by atoms with Crippen LogP contribution < -0.4 is 11.2 Å². The number of phosphoric acid groups is 1. The lowest BCUT2D eigenvalue weighted by Gasteiger charge is -2.13. The quantitative estimate of drug-likeness (QED) is 0.533. The number of allylic oxidation sites excluding steroid dienone is 1. The average molecular weight is 304 g/mol. The molecular weight excluding hydrogens is 291 g/mol. The summed E-state index contributed by atoms with van der Waals surface area (Å²) in [6.07, 6.45) is 2.34. The Morgan fingerprint density at radius 3 is 2.90 bits per heavy atom. The molecule has 0 aromatic carbocycles. The minimum absolute atomic E-state index is 0.217. The standard InChI is InChI=1S/C10H13N2O7P/c1-6-4-12(10(14)11-9(6)13)8-3-2-7(19-8)5-18-20(15,16)17/h4-5,8H,2-3H2,1H3,(H,11,13,14)(H2,15,16,17). The number of phosphoric ester groups is 1. The molecule has 2 rings (SSSR count). The summed E-state index contributed by atoms with van der Waals surface area (Å²) in [5.74, 6) is 0.217. The Morgan fingerprint density at radius 1 is 1.55 bits per heavy atom. The van der Waals surface area contributed by atoms with Gasteiger partial charge >= 0.3 is 13.5 Å². The van der Waals surface area contributed by atoms with Gasteiger partial charge in [0.2, 0.25) is 0 Å². The van der Waals surface area contributed by atoms with Gasteiger partial charge in [-0.15, -0.1) is 0 Å². The van der Waals surface area contributed by atoms with Crippen molar-refractivity contribution in [3.8, 4) is 0 Å². The number of hydrogen-bond acceptors (Lipinski definition) is 5. The van der Waals surface area contributed by atoms with Crippen LogP contribution in [0.15, 0.2) is 27.8 Å². The Labute approximate surface area is 112 Å². The minimum Gasteiger partial charge on any atom is -0.471 e. The number of aryl methyl sites for hydroxylation is 1. The summed E-state index contributed by atoms with van der Waals surface area (Å²) in [7, 11) is -4.61. The molecule has 0 radical (unpaired) electrons. The zero-order chi connectivity index (χ0) is 14.9. The highest BCUT2D eigenvalue weighted by atomic mass is 31.2. The first-order valence-corrected chi connectivity index (χ1v) is 7.21. The molecule has 9 nitrogen and oxygen atoms in total. The summed E-state index contributed by atoms with van der Waals surface area (Å²) in [5.41, 5.74) is -0.718. The highest BCUT2D eigenvalue weighted by molar-refractivity contribution is 7.46. The van der Waals surface area contributed by atoms with Crippen LogP contribution in [-0.4, -0.2) is 19.3 Å². The molecule has 0 amide bonds. The van der Waals surface area contributed by atoms with Crippen molar-refractivity contribution in [3.63, 3.8) is 0 Å². The second-order valence-electron chi connectivity index (χ2n) is 4.27. The third kappa shape index (κ3) is 3.38. The van der Waals surface area contributed by atoms with Gasteiger partial charge in [0.15, 0.2) is 6.23 Å². The van der Waals surface area contributed by atoms with Crippen molar-refractivity contribution in [1.82, 2.24) is 9.55 Å². The van der Waals surface area contributed by atoms with E-state index in [9.17, 15) is 14.2 Å². The van der Waals surface area contributed by atoms with E-state index in [1.165, 1.54) is 10.8 Å². The molecule has 0 bridgehead atoms. The van der Waals surface area contributed by atoms with Crippen molar-refractivity contribution in [2.24, 2.45) is 0 Å². The van der Waals surface area contributed by atoms with Crippen LogP contribution in [0.1, 0.15) is 24.6 Å². The maximum absolute atomic E-state index is 11.7. The van der Waals surface area contributed by atoms with Gasteiger partial charge < -0.3 is 9.26 Å². The van der Waals surface area contributed by atoms with Crippen LogP contribution in [0.25, 0.3) is 0 Å². The Kier molecular flexibility index (Phi) is 3.85. The van der Waals surface area contributed by atoms with Gasteiger partial charge in [0.05, 0.1) is 0 Å². The van der Waals surface area contributed by atoms with E-state index in [0.717, 1.165) is 6.26 Å². The number of nitrogens with zero attached hydrogens (tertiary/aromatic N) is 1. The fraction of sp³-hybridized carbons (Fsp3) is 0.400. The molecule has 0 saturated carbocycles. The molecule has 0 aliphatic carbocycles. The van der Waals surface area contributed by atoms with E-state index in [1.54, 1.807) is 6.92 Å². The summed E-state index contributed by atoms with van der Waals surface area (Å²) in [5, 5.41) is 0. The van der Waals surface area contributed by atoms with E-state index in [2.05, 4.69) is 9.51 Å². The molecule has 3 N–H and O–H groups in total. The van der Waals surface area contributed by atoms with E-state index in [1.807, 2.05) is 0 Å². The summed E-state index contributed by atoms with van der Waals surface area (Å²) in [6, 6.07) is 0. The smallest absolute Gasteiger partial charge is 0.471 e. The van der Waals surface area contributed by atoms with Gasteiger partial charge in [-0.2, -0.15) is 0 Å². The van der Waals surface area contributed by atoms with Gasteiger partial charge in [-0.1, -0.05) is 0 Å². The molecule has 1 aliphatic heterocycles. The van der Waals surface area contributed by atoms with Gasteiger partial charge in [-0.3, -0.25) is 24.1 Å². The second-order valence-corrected chi connectivity index (χ2v) is 5.46. The van der Waals surface area contributed by atoms with Crippen molar-refractivity contribution in [2.75, 3.05) is 0 Å². The van der Waals surface area contributed by atoms with Gasteiger partial charge in [-0.25, -0.2) is 9.36 Å². The van der Waals surface area contributed by atoms with Crippen LogP contribution in [0.4, 0.5) is 0 Å². The van der Waals surface area contributed by atoms with Crippen LogP contribution in [0.3, 0.4) is 0 Å². The molecule has 2 heterocycles. The molecule has 10 heteroatoms. The third-order valence-electron chi connectivity index (χ3n) is 2.70. The number of aromatic nitrogens is 2. The Bertz CT molecular complexity index is 698. The average Bonchev–Trinajstić information content (AvgIpc) is 2.79. The molecule has 110 valence electrons. The molecule has 0 spiro atoms. The summed E-state index contributed by atoms with van der Waals surface area (Å²) in [4.78, 5) is 42.2. The van der Waals surface area contributed by atoms with Crippen molar-refractivity contribution >= 4 is 7.82 Å². The molecular formula is C10H13N2O7P. The molecule has 20 heavy (non-hydrogen) atoms. The van der Waals surface area contributed by atoms with E-state index >= 15 is 0 Å². The predicted octanol–water partition coefficient (Wildman–Crippen LogP) is 0.105. The fourth-order valence-electron chi connectivity index (χ4n) is 1.77. The van der Waals surface area contributed by atoms with Gasteiger partial charge in [0.25, 0.3) is 5.56 Å². The fourth-order valence-corrected chi connectivity index (χ4v) is 2.02. The number of hydrogen-bond donors (Lipinski definition) is 3. The number of aromatic amines is 1. The highest BCUT2D eigenvalue weighted by Gasteiger charge is 2.25. The van der Waals surface area contributed by atoms with Crippen LogP contribution >= 0.6 is 7.82 Å². The van der Waals surface area contributed by atoms with Crippen LogP contribution in [0.2, 0.25) is 0 Å². The van der Waals surface area contributed by atoms with E-state index in [0.29, 0.717) is 18.4 Å².